The lowest BCUT2D eigenvalue weighted by Crippen LogP contribution is -2.20. The monoisotopic (exact) mass is 359 g/mol. The topological polar surface area (TPSA) is 55.4 Å². The minimum absolute atomic E-state index is 0.0804. The Morgan fingerprint density at radius 2 is 1.52 bits per heavy atom. The predicted octanol–water partition coefficient (Wildman–Crippen LogP) is 4.96. The molecular weight excluding hydrogens is 338 g/mol. The fourth-order valence-electron chi connectivity index (χ4n) is 2.74. The van der Waals surface area contributed by atoms with E-state index in [1.165, 1.54) is 0 Å². The van der Waals surface area contributed by atoms with Crippen LogP contribution in [0.25, 0.3) is 11.1 Å². The first-order chi connectivity index (χ1) is 13.2. The smallest absolute Gasteiger partial charge is 0.262 e. The van der Waals surface area contributed by atoms with Crippen molar-refractivity contribution in [2.45, 2.75) is 13.3 Å². The molecule has 0 radical (unpaired) electrons. The van der Waals surface area contributed by atoms with Crippen LogP contribution in [-0.2, 0) is 4.79 Å². The largest absolute Gasteiger partial charge is 0.484 e. The van der Waals surface area contributed by atoms with Crippen LogP contribution in [0.3, 0.4) is 0 Å². The van der Waals surface area contributed by atoms with E-state index in [0.717, 1.165) is 16.8 Å². The first-order valence-corrected chi connectivity index (χ1v) is 8.87. The van der Waals surface area contributed by atoms with E-state index in [-0.39, 0.29) is 18.3 Å². The van der Waals surface area contributed by atoms with Gasteiger partial charge < -0.3 is 10.1 Å². The van der Waals surface area contributed by atoms with Crippen molar-refractivity contribution in [2.24, 2.45) is 0 Å². The van der Waals surface area contributed by atoms with Gasteiger partial charge in [0.1, 0.15) is 5.75 Å². The second-order valence-electron chi connectivity index (χ2n) is 6.05. The fraction of sp³-hybridized carbons (Fsp3) is 0.130. The van der Waals surface area contributed by atoms with E-state index < -0.39 is 0 Å². The van der Waals surface area contributed by atoms with Gasteiger partial charge in [-0.3, -0.25) is 9.59 Å². The summed E-state index contributed by atoms with van der Waals surface area (Å²) in [5, 5.41) is 2.90. The van der Waals surface area contributed by atoms with Crippen molar-refractivity contribution in [2.75, 3.05) is 11.9 Å². The van der Waals surface area contributed by atoms with E-state index in [0.29, 0.717) is 17.7 Å². The zero-order valence-electron chi connectivity index (χ0n) is 15.1. The number of benzene rings is 3. The van der Waals surface area contributed by atoms with Crippen LogP contribution in [0.4, 0.5) is 5.69 Å². The second kappa shape index (κ2) is 8.81. The molecule has 3 aromatic carbocycles. The molecule has 3 aromatic rings. The maximum atomic E-state index is 12.3. The van der Waals surface area contributed by atoms with Crippen molar-refractivity contribution in [3.63, 3.8) is 0 Å². The molecule has 0 atom stereocenters. The van der Waals surface area contributed by atoms with Gasteiger partial charge in [0.05, 0.1) is 0 Å². The summed E-state index contributed by atoms with van der Waals surface area (Å²) < 4.78 is 5.53. The molecule has 0 aliphatic carbocycles. The minimum atomic E-state index is -0.243. The summed E-state index contributed by atoms with van der Waals surface area (Å²) in [5.41, 5.74) is 3.37. The van der Waals surface area contributed by atoms with E-state index >= 15 is 0 Å². The molecule has 27 heavy (non-hydrogen) atoms. The highest BCUT2D eigenvalue weighted by Gasteiger charge is 2.09. The van der Waals surface area contributed by atoms with Crippen LogP contribution in [0.1, 0.15) is 23.7 Å². The van der Waals surface area contributed by atoms with Crippen molar-refractivity contribution < 1.29 is 14.3 Å². The molecule has 4 heteroatoms. The maximum Gasteiger partial charge on any atom is 0.262 e. The molecular formula is C23H21NO3. The van der Waals surface area contributed by atoms with Gasteiger partial charge in [0, 0.05) is 23.2 Å². The number of ketones is 1. The molecule has 0 saturated heterocycles. The van der Waals surface area contributed by atoms with Crippen LogP contribution in [0.2, 0.25) is 0 Å². The average molecular weight is 359 g/mol. The Balaban J connectivity index is 1.63. The van der Waals surface area contributed by atoms with Crippen LogP contribution in [0.5, 0.6) is 5.75 Å². The van der Waals surface area contributed by atoms with Gasteiger partial charge in [-0.2, -0.15) is 0 Å². The van der Waals surface area contributed by atoms with Crippen molar-refractivity contribution >= 4 is 17.4 Å². The zero-order chi connectivity index (χ0) is 19.1. The highest BCUT2D eigenvalue weighted by Crippen LogP contribution is 2.27. The SMILES string of the molecule is CCC(=O)c1ccc(OCC(=O)Nc2ccccc2-c2ccccc2)cc1. The molecule has 0 spiro atoms. The number of amides is 1. The van der Waals surface area contributed by atoms with Crippen molar-refractivity contribution in [1.82, 2.24) is 0 Å². The maximum absolute atomic E-state index is 12.3. The van der Waals surface area contributed by atoms with E-state index in [1.54, 1.807) is 24.3 Å². The molecule has 0 unspecified atom stereocenters. The quantitative estimate of drug-likeness (QED) is 0.606. The molecule has 0 aliphatic rings. The van der Waals surface area contributed by atoms with Crippen molar-refractivity contribution in [3.05, 3.63) is 84.4 Å². The van der Waals surface area contributed by atoms with E-state index in [9.17, 15) is 9.59 Å². The highest BCUT2D eigenvalue weighted by molar-refractivity contribution is 5.97. The summed E-state index contributed by atoms with van der Waals surface area (Å²) in [6.45, 7) is 1.72. The summed E-state index contributed by atoms with van der Waals surface area (Å²) in [6.07, 6.45) is 0.462. The Morgan fingerprint density at radius 3 is 2.22 bits per heavy atom. The van der Waals surface area contributed by atoms with Crippen molar-refractivity contribution in [1.29, 1.82) is 0 Å². The first-order valence-electron chi connectivity index (χ1n) is 8.87. The lowest BCUT2D eigenvalue weighted by molar-refractivity contribution is -0.118. The van der Waals surface area contributed by atoms with Crippen LogP contribution in [0, 0.1) is 0 Å². The number of nitrogens with one attached hydrogen (secondary N) is 1. The number of ether oxygens (including phenoxy) is 1. The highest BCUT2D eigenvalue weighted by atomic mass is 16.5. The molecule has 0 bridgehead atoms. The molecule has 0 saturated carbocycles. The van der Waals surface area contributed by atoms with E-state index in [4.69, 9.17) is 4.74 Å². The summed E-state index contributed by atoms with van der Waals surface area (Å²) in [4.78, 5) is 23.9. The molecule has 4 nitrogen and oxygen atoms in total. The third kappa shape index (κ3) is 4.82. The third-order valence-electron chi connectivity index (χ3n) is 4.15. The Kier molecular flexibility index (Phi) is 6.00. The minimum Gasteiger partial charge on any atom is -0.484 e. The predicted molar refractivity (Wildman–Crippen MR) is 107 cm³/mol. The van der Waals surface area contributed by atoms with E-state index in [2.05, 4.69) is 5.32 Å². The van der Waals surface area contributed by atoms with E-state index in [1.807, 2.05) is 61.5 Å². The second-order valence-corrected chi connectivity index (χ2v) is 6.05. The van der Waals surface area contributed by atoms with Gasteiger partial charge in [-0.25, -0.2) is 0 Å². The molecule has 3 rings (SSSR count). The Labute approximate surface area is 158 Å². The third-order valence-corrected chi connectivity index (χ3v) is 4.15. The number of anilines is 1. The van der Waals surface area contributed by atoms with Crippen LogP contribution >= 0.6 is 0 Å². The molecule has 136 valence electrons. The number of rotatable bonds is 7. The van der Waals surface area contributed by atoms with Gasteiger partial charge in [-0.1, -0.05) is 55.5 Å². The van der Waals surface area contributed by atoms with Gasteiger partial charge >= 0.3 is 0 Å². The van der Waals surface area contributed by atoms with Crippen LogP contribution in [-0.4, -0.2) is 18.3 Å². The number of hydrogen-bond donors (Lipinski definition) is 1. The standard InChI is InChI=1S/C23H21NO3/c1-2-22(25)18-12-14-19(15-13-18)27-16-23(26)24-21-11-7-6-10-20(21)17-8-4-3-5-9-17/h3-15H,2,16H2,1H3,(H,24,26). The number of hydrogen-bond acceptors (Lipinski definition) is 3. The Bertz CT molecular complexity index is 918. The van der Waals surface area contributed by atoms with Gasteiger partial charge in [-0.15, -0.1) is 0 Å². The molecule has 0 aromatic heterocycles. The fourth-order valence-corrected chi connectivity index (χ4v) is 2.74. The molecule has 0 heterocycles. The normalized spacial score (nSPS) is 10.3. The Morgan fingerprint density at radius 1 is 0.852 bits per heavy atom. The van der Waals surface area contributed by atoms with Gasteiger partial charge in [0.2, 0.25) is 0 Å². The van der Waals surface area contributed by atoms with Crippen molar-refractivity contribution in [3.8, 4) is 16.9 Å². The lowest BCUT2D eigenvalue weighted by atomic mass is 10.0. The molecule has 1 N–H and O–H groups in total. The number of Topliss-reactive ketones (excluding diaryl/α,β-unsaturated/α-hetero) is 1. The summed E-state index contributed by atoms with van der Waals surface area (Å²) >= 11 is 0. The number of carbonyl (C=O) groups is 2. The summed E-state index contributed by atoms with van der Waals surface area (Å²) in [7, 11) is 0. The summed E-state index contributed by atoms with van der Waals surface area (Å²) in [5.74, 6) is 0.387. The first kappa shape index (κ1) is 18.4. The van der Waals surface area contributed by atoms with Crippen LogP contribution < -0.4 is 10.1 Å². The average Bonchev–Trinajstić information content (AvgIpc) is 2.73. The number of para-hydroxylation sites is 1. The van der Waals surface area contributed by atoms with Crippen LogP contribution in [0.15, 0.2) is 78.9 Å². The molecule has 0 fully saturated rings. The summed E-state index contributed by atoms with van der Waals surface area (Å²) in [6, 6.07) is 24.4. The number of carbonyl (C=O) groups excluding carboxylic acids is 2. The lowest BCUT2D eigenvalue weighted by Gasteiger charge is -2.12. The molecule has 1 amide bonds. The zero-order valence-corrected chi connectivity index (χ0v) is 15.1. The molecule has 0 aliphatic heterocycles. The van der Waals surface area contributed by atoms with Gasteiger partial charge in [0.25, 0.3) is 5.91 Å². The van der Waals surface area contributed by atoms with Gasteiger partial charge in [-0.05, 0) is 35.9 Å². The van der Waals surface area contributed by atoms with Gasteiger partial charge in [0.15, 0.2) is 12.4 Å². The Hall–Kier alpha value is -3.40.